The van der Waals surface area contributed by atoms with Gasteiger partial charge in [0, 0.05) is 8.95 Å². The van der Waals surface area contributed by atoms with Gasteiger partial charge >= 0.3 is 0 Å². The van der Waals surface area contributed by atoms with Crippen LogP contribution in [0.5, 0.6) is 0 Å². The first-order chi connectivity index (χ1) is 9.34. The van der Waals surface area contributed by atoms with E-state index in [1.807, 2.05) is 0 Å². The van der Waals surface area contributed by atoms with Crippen molar-refractivity contribution >= 4 is 37.6 Å². The molecule has 0 amide bonds. The summed E-state index contributed by atoms with van der Waals surface area (Å²) in [5.41, 5.74) is 0.354. The van der Waals surface area contributed by atoms with Gasteiger partial charge in [-0.15, -0.1) is 0 Å². The van der Waals surface area contributed by atoms with E-state index in [0.29, 0.717) is 20.1 Å². The van der Waals surface area contributed by atoms with Gasteiger partial charge in [0.15, 0.2) is 0 Å². The second kappa shape index (κ2) is 5.74. The summed E-state index contributed by atoms with van der Waals surface area (Å²) in [5.74, 6) is -1.97. The Bertz CT molecular complexity index is 652. The molecule has 0 fully saturated rings. The molecule has 0 N–H and O–H groups in total. The van der Waals surface area contributed by atoms with E-state index in [2.05, 4.69) is 31.9 Å². The van der Waals surface area contributed by atoms with Crippen molar-refractivity contribution in [1.82, 2.24) is 0 Å². The summed E-state index contributed by atoms with van der Waals surface area (Å²) in [6.07, 6.45) is 0. The zero-order chi connectivity index (χ0) is 15.0. The highest BCUT2D eigenvalue weighted by atomic mass is 79.9. The summed E-state index contributed by atoms with van der Waals surface area (Å²) in [5, 5.41) is 0. The van der Waals surface area contributed by atoms with Crippen LogP contribution in [0, 0.1) is 25.5 Å². The molecule has 0 saturated carbocycles. The quantitative estimate of drug-likeness (QED) is 0.618. The first kappa shape index (κ1) is 15.3. The van der Waals surface area contributed by atoms with E-state index in [1.165, 1.54) is 0 Å². The molecule has 0 aliphatic heterocycles. The fraction of sp³-hybridized carbons (Fsp3) is 0.133. The van der Waals surface area contributed by atoms with E-state index in [4.69, 9.17) is 0 Å². The zero-order valence-electron chi connectivity index (χ0n) is 10.7. The van der Waals surface area contributed by atoms with Crippen LogP contribution in [0.25, 0.3) is 0 Å². The molecule has 20 heavy (non-hydrogen) atoms. The minimum atomic E-state index is -0.689. The number of carbonyl (C=O) groups is 1. The van der Waals surface area contributed by atoms with Crippen LogP contribution < -0.4 is 0 Å². The molecule has 0 unspecified atom stereocenters. The predicted molar refractivity (Wildman–Crippen MR) is 81.1 cm³/mol. The highest BCUT2D eigenvalue weighted by Crippen LogP contribution is 2.30. The van der Waals surface area contributed by atoms with E-state index >= 15 is 0 Å². The molecule has 0 bridgehead atoms. The number of benzene rings is 2. The molecule has 104 valence electrons. The van der Waals surface area contributed by atoms with Crippen LogP contribution in [-0.4, -0.2) is 5.78 Å². The first-order valence-corrected chi connectivity index (χ1v) is 7.37. The maximum atomic E-state index is 14.2. The summed E-state index contributed by atoms with van der Waals surface area (Å²) in [6.45, 7) is 3.11. The van der Waals surface area contributed by atoms with Crippen molar-refractivity contribution in [3.8, 4) is 0 Å². The topological polar surface area (TPSA) is 17.1 Å². The van der Waals surface area contributed by atoms with Gasteiger partial charge in [-0.2, -0.15) is 0 Å². The number of halogens is 4. The highest BCUT2D eigenvalue weighted by Gasteiger charge is 2.24. The minimum Gasteiger partial charge on any atom is -0.288 e. The van der Waals surface area contributed by atoms with E-state index in [-0.39, 0.29) is 11.1 Å². The fourth-order valence-electron chi connectivity index (χ4n) is 1.85. The molecular formula is C15H10Br2F2O. The van der Waals surface area contributed by atoms with Crippen molar-refractivity contribution in [3.63, 3.8) is 0 Å². The van der Waals surface area contributed by atoms with Gasteiger partial charge in [-0.1, -0.05) is 12.1 Å². The lowest BCUT2D eigenvalue weighted by Gasteiger charge is -2.11. The molecule has 0 aromatic heterocycles. The van der Waals surface area contributed by atoms with E-state index in [9.17, 15) is 13.6 Å². The Hall–Kier alpha value is -1.07. The molecule has 0 aliphatic rings. The smallest absolute Gasteiger partial charge is 0.201 e. The van der Waals surface area contributed by atoms with Crippen molar-refractivity contribution in [1.29, 1.82) is 0 Å². The van der Waals surface area contributed by atoms with Crippen LogP contribution in [-0.2, 0) is 0 Å². The largest absolute Gasteiger partial charge is 0.288 e. The lowest BCUT2D eigenvalue weighted by atomic mass is 9.99. The van der Waals surface area contributed by atoms with Gasteiger partial charge in [0.1, 0.15) is 11.6 Å². The highest BCUT2D eigenvalue weighted by molar-refractivity contribution is 9.11. The Labute approximate surface area is 132 Å². The molecule has 2 rings (SSSR count). The number of rotatable bonds is 2. The zero-order valence-corrected chi connectivity index (χ0v) is 13.9. The van der Waals surface area contributed by atoms with Crippen molar-refractivity contribution in [3.05, 3.63) is 67.1 Å². The maximum absolute atomic E-state index is 14.2. The van der Waals surface area contributed by atoms with Crippen LogP contribution in [0.1, 0.15) is 27.0 Å². The van der Waals surface area contributed by atoms with Gasteiger partial charge < -0.3 is 0 Å². The van der Waals surface area contributed by atoms with Crippen LogP contribution in [0.3, 0.4) is 0 Å². The number of carbonyl (C=O) groups excluding carboxylic acids is 1. The lowest BCUT2D eigenvalue weighted by molar-refractivity contribution is 0.102. The number of ketones is 1. The number of hydrogen-bond donors (Lipinski definition) is 0. The molecule has 0 saturated heterocycles. The van der Waals surface area contributed by atoms with E-state index < -0.39 is 17.4 Å². The van der Waals surface area contributed by atoms with Crippen molar-refractivity contribution in [2.45, 2.75) is 13.8 Å². The first-order valence-electron chi connectivity index (χ1n) is 5.78. The van der Waals surface area contributed by atoms with Crippen molar-refractivity contribution in [2.75, 3.05) is 0 Å². The standard InChI is InChI=1S/C15H10Br2F2O/c1-7-3-5-9(16)11(13(7)18)15(20)12-10(17)6-4-8(2)14(12)19/h3-6H,1-2H3. The molecular weight excluding hydrogens is 394 g/mol. The maximum Gasteiger partial charge on any atom is 0.201 e. The fourth-order valence-corrected chi connectivity index (χ4v) is 2.83. The second-order valence-electron chi connectivity index (χ2n) is 4.44. The lowest BCUT2D eigenvalue weighted by Crippen LogP contribution is -2.10. The van der Waals surface area contributed by atoms with Crippen LogP contribution in [0.15, 0.2) is 33.2 Å². The third kappa shape index (κ3) is 2.56. The van der Waals surface area contributed by atoms with Gasteiger partial charge in [0.05, 0.1) is 11.1 Å². The molecule has 5 heteroatoms. The van der Waals surface area contributed by atoms with Crippen LogP contribution in [0.2, 0.25) is 0 Å². The van der Waals surface area contributed by atoms with Gasteiger partial charge in [-0.25, -0.2) is 8.78 Å². The Balaban J connectivity index is 2.71. The second-order valence-corrected chi connectivity index (χ2v) is 6.14. The molecule has 2 aromatic rings. The monoisotopic (exact) mass is 402 g/mol. The van der Waals surface area contributed by atoms with E-state index in [0.717, 1.165) is 0 Å². The molecule has 0 atom stereocenters. The Kier molecular flexibility index (Phi) is 4.39. The SMILES string of the molecule is Cc1ccc(Br)c(C(=O)c2c(Br)ccc(C)c2F)c1F. The molecule has 0 radical (unpaired) electrons. The van der Waals surface area contributed by atoms with Gasteiger partial charge in [0.25, 0.3) is 0 Å². The molecule has 0 spiro atoms. The Morgan fingerprint density at radius 3 is 1.55 bits per heavy atom. The summed E-state index contributed by atoms with van der Waals surface area (Å²) >= 11 is 6.30. The molecule has 0 aliphatic carbocycles. The molecule has 0 heterocycles. The third-order valence-corrected chi connectivity index (χ3v) is 4.34. The average Bonchev–Trinajstić information content (AvgIpc) is 2.39. The summed E-state index contributed by atoms with van der Waals surface area (Å²) in [4.78, 5) is 12.5. The summed E-state index contributed by atoms with van der Waals surface area (Å²) < 4.78 is 29.0. The molecule has 2 aromatic carbocycles. The van der Waals surface area contributed by atoms with Gasteiger partial charge in [-0.3, -0.25) is 4.79 Å². The molecule has 1 nitrogen and oxygen atoms in total. The Morgan fingerprint density at radius 2 is 1.20 bits per heavy atom. The third-order valence-electron chi connectivity index (χ3n) is 3.02. The van der Waals surface area contributed by atoms with Crippen molar-refractivity contribution in [2.24, 2.45) is 0 Å². The Morgan fingerprint density at radius 1 is 0.850 bits per heavy atom. The summed E-state index contributed by atoms with van der Waals surface area (Å²) in [7, 11) is 0. The van der Waals surface area contributed by atoms with Gasteiger partial charge in [-0.05, 0) is 69.0 Å². The predicted octanol–water partition coefficient (Wildman–Crippen LogP) is 5.34. The number of hydrogen-bond acceptors (Lipinski definition) is 1. The van der Waals surface area contributed by atoms with Crippen LogP contribution in [0.4, 0.5) is 8.78 Å². The van der Waals surface area contributed by atoms with E-state index in [1.54, 1.807) is 38.1 Å². The number of aryl methyl sites for hydroxylation is 2. The average molecular weight is 404 g/mol. The summed E-state index contributed by atoms with van der Waals surface area (Å²) in [6, 6.07) is 6.26. The normalized spacial score (nSPS) is 10.7. The van der Waals surface area contributed by atoms with Crippen LogP contribution >= 0.6 is 31.9 Å². The van der Waals surface area contributed by atoms with Crippen molar-refractivity contribution < 1.29 is 13.6 Å². The minimum absolute atomic E-state index is 0.157. The van der Waals surface area contributed by atoms with Gasteiger partial charge in [0.2, 0.25) is 5.78 Å².